The predicted molar refractivity (Wildman–Crippen MR) is 109 cm³/mol. The fourth-order valence-corrected chi connectivity index (χ4v) is 3.98. The normalized spacial score (nSPS) is 15.3. The lowest BCUT2D eigenvalue weighted by molar-refractivity contribution is -0.121. The molecular weight excluding hydrogens is 338 g/mol. The molecule has 1 aliphatic rings. The summed E-state index contributed by atoms with van der Waals surface area (Å²) in [6.07, 6.45) is 3.82. The Labute approximate surface area is 158 Å². The topological polar surface area (TPSA) is 54.3 Å². The third kappa shape index (κ3) is 3.74. The van der Waals surface area contributed by atoms with Crippen molar-refractivity contribution in [2.75, 3.05) is 26.2 Å². The molecule has 0 atom stereocenters. The van der Waals surface area contributed by atoms with Crippen molar-refractivity contribution >= 4 is 27.7 Å². The molecule has 0 aliphatic carbocycles. The number of aromatic nitrogens is 1. The van der Waals surface area contributed by atoms with Crippen molar-refractivity contribution in [1.29, 1.82) is 0 Å². The summed E-state index contributed by atoms with van der Waals surface area (Å²) in [5.41, 5.74) is 1.61. The summed E-state index contributed by atoms with van der Waals surface area (Å²) < 4.78 is 1.95. The molecule has 1 aliphatic heterocycles. The summed E-state index contributed by atoms with van der Waals surface area (Å²) in [7, 11) is 0. The maximum Gasteiger partial charge on any atom is 0.240 e. The van der Waals surface area contributed by atoms with Crippen molar-refractivity contribution in [3.8, 4) is 0 Å². The van der Waals surface area contributed by atoms with Crippen LogP contribution in [0.3, 0.4) is 0 Å². The highest BCUT2D eigenvalue weighted by Gasteiger charge is 2.13. The number of benzene rings is 2. The zero-order valence-electron chi connectivity index (χ0n) is 15.5. The quantitative estimate of drug-likeness (QED) is 0.709. The molecule has 1 fully saturated rings. The van der Waals surface area contributed by atoms with Gasteiger partial charge in [-0.15, -0.1) is 0 Å². The van der Waals surface area contributed by atoms with Crippen LogP contribution in [0.4, 0.5) is 0 Å². The molecule has 0 unspecified atom stereocenters. The van der Waals surface area contributed by atoms with Crippen molar-refractivity contribution in [1.82, 2.24) is 14.8 Å². The van der Waals surface area contributed by atoms with Crippen LogP contribution in [0.1, 0.15) is 19.3 Å². The summed E-state index contributed by atoms with van der Waals surface area (Å²) in [5.74, 6) is -0.0223. The zero-order valence-corrected chi connectivity index (χ0v) is 15.5. The van der Waals surface area contributed by atoms with Gasteiger partial charge in [-0.2, -0.15) is 0 Å². The maximum atomic E-state index is 12.8. The minimum absolute atomic E-state index is 0.0166. The van der Waals surface area contributed by atoms with Gasteiger partial charge in [-0.1, -0.05) is 30.7 Å². The first-order valence-electron chi connectivity index (χ1n) is 9.73. The number of carbonyl (C=O) groups excluding carboxylic acids is 1. The molecule has 0 bridgehead atoms. The number of piperidine rings is 1. The lowest BCUT2D eigenvalue weighted by Crippen LogP contribution is -2.38. The zero-order chi connectivity index (χ0) is 18.6. The van der Waals surface area contributed by atoms with Gasteiger partial charge in [0.1, 0.15) is 6.54 Å². The van der Waals surface area contributed by atoms with Crippen molar-refractivity contribution < 1.29 is 4.79 Å². The molecule has 2 aromatic carbocycles. The fraction of sp³-hybridized carbons (Fsp3) is 0.364. The second-order valence-corrected chi connectivity index (χ2v) is 7.20. The minimum atomic E-state index is -0.0223. The van der Waals surface area contributed by atoms with E-state index >= 15 is 0 Å². The van der Waals surface area contributed by atoms with Gasteiger partial charge in [0.15, 0.2) is 5.43 Å². The third-order valence-corrected chi connectivity index (χ3v) is 5.38. The standard InChI is InChI=1S/C22H25N3O2/c26-21(23-12-15-24-13-6-1-7-14-24)16-25-19-10-4-2-8-17(19)22(27)18-9-3-5-11-20(18)25/h2-5,8-11H,1,6-7,12-16H2,(H,23,26). The Morgan fingerprint density at radius 2 is 1.48 bits per heavy atom. The van der Waals surface area contributed by atoms with Crippen LogP contribution in [0.15, 0.2) is 53.3 Å². The van der Waals surface area contributed by atoms with Gasteiger partial charge < -0.3 is 14.8 Å². The Bertz CT molecular complexity index is 959. The number of hydrogen-bond acceptors (Lipinski definition) is 3. The number of amides is 1. The van der Waals surface area contributed by atoms with E-state index in [1.807, 2.05) is 53.1 Å². The molecule has 1 saturated heterocycles. The average Bonchev–Trinajstić information content (AvgIpc) is 2.72. The summed E-state index contributed by atoms with van der Waals surface area (Å²) in [6, 6.07) is 15.0. The Balaban J connectivity index is 1.56. The first kappa shape index (κ1) is 17.7. The van der Waals surface area contributed by atoms with E-state index < -0.39 is 0 Å². The molecule has 4 rings (SSSR count). The molecule has 0 saturated carbocycles. The van der Waals surface area contributed by atoms with E-state index in [4.69, 9.17) is 0 Å². The Morgan fingerprint density at radius 1 is 0.889 bits per heavy atom. The molecule has 140 valence electrons. The van der Waals surface area contributed by atoms with E-state index in [0.29, 0.717) is 17.3 Å². The van der Waals surface area contributed by atoms with E-state index in [-0.39, 0.29) is 17.9 Å². The highest BCUT2D eigenvalue weighted by Crippen LogP contribution is 2.18. The van der Waals surface area contributed by atoms with Crippen LogP contribution < -0.4 is 10.7 Å². The van der Waals surface area contributed by atoms with Crippen molar-refractivity contribution in [2.45, 2.75) is 25.8 Å². The van der Waals surface area contributed by atoms with Gasteiger partial charge in [0, 0.05) is 23.9 Å². The highest BCUT2D eigenvalue weighted by atomic mass is 16.2. The molecule has 5 heteroatoms. The highest BCUT2D eigenvalue weighted by molar-refractivity contribution is 5.94. The number of carbonyl (C=O) groups is 1. The first-order chi connectivity index (χ1) is 13.2. The SMILES string of the molecule is O=C(Cn1c2ccccc2c(=O)c2ccccc21)NCCN1CCCCC1. The molecule has 0 spiro atoms. The second-order valence-electron chi connectivity index (χ2n) is 7.20. The fourth-order valence-electron chi connectivity index (χ4n) is 3.98. The molecule has 1 amide bonds. The smallest absolute Gasteiger partial charge is 0.240 e. The van der Waals surface area contributed by atoms with Gasteiger partial charge in [-0.05, 0) is 50.2 Å². The van der Waals surface area contributed by atoms with Gasteiger partial charge in [-0.25, -0.2) is 0 Å². The van der Waals surface area contributed by atoms with Gasteiger partial charge in [0.05, 0.1) is 11.0 Å². The van der Waals surface area contributed by atoms with Crippen LogP contribution in [0, 0.1) is 0 Å². The Hall–Kier alpha value is -2.66. The number of likely N-dealkylation sites (tertiary alicyclic amines) is 1. The van der Waals surface area contributed by atoms with Gasteiger partial charge >= 0.3 is 0 Å². The third-order valence-electron chi connectivity index (χ3n) is 5.38. The van der Waals surface area contributed by atoms with Crippen molar-refractivity contribution in [2.24, 2.45) is 0 Å². The molecular formula is C22H25N3O2. The summed E-state index contributed by atoms with van der Waals surface area (Å²) in [5, 5.41) is 4.34. The van der Waals surface area contributed by atoms with Gasteiger partial charge in [-0.3, -0.25) is 9.59 Å². The number of nitrogens with one attached hydrogen (secondary N) is 1. The van der Waals surface area contributed by atoms with Crippen molar-refractivity contribution in [3.05, 3.63) is 58.8 Å². The predicted octanol–water partition coefficient (Wildman–Crippen LogP) is 2.76. The summed E-state index contributed by atoms with van der Waals surface area (Å²) in [6.45, 7) is 4.03. The largest absolute Gasteiger partial charge is 0.353 e. The van der Waals surface area contributed by atoms with Crippen LogP contribution in [-0.2, 0) is 11.3 Å². The van der Waals surface area contributed by atoms with Crippen LogP contribution in [-0.4, -0.2) is 41.6 Å². The molecule has 27 heavy (non-hydrogen) atoms. The first-order valence-corrected chi connectivity index (χ1v) is 9.73. The summed E-state index contributed by atoms with van der Waals surface area (Å²) in [4.78, 5) is 27.8. The van der Waals surface area contributed by atoms with Crippen LogP contribution in [0.2, 0.25) is 0 Å². The molecule has 1 N–H and O–H groups in total. The van der Waals surface area contributed by atoms with Crippen LogP contribution >= 0.6 is 0 Å². The minimum Gasteiger partial charge on any atom is -0.353 e. The monoisotopic (exact) mass is 363 g/mol. The molecule has 0 radical (unpaired) electrons. The van der Waals surface area contributed by atoms with Crippen LogP contribution in [0.25, 0.3) is 21.8 Å². The Morgan fingerprint density at radius 3 is 2.11 bits per heavy atom. The van der Waals surface area contributed by atoms with E-state index in [0.717, 1.165) is 30.7 Å². The van der Waals surface area contributed by atoms with E-state index in [1.54, 1.807) is 0 Å². The maximum absolute atomic E-state index is 12.8. The molecule has 2 heterocycles. The molecule has 1 aromatic heterocycles. The van der Waals surface area contributed by atoms with E-state index in [2.05, 4.69) is 10.2 Å². The lowest BCUT2D eigenvalue weighted by Gasteiger charge is -2.26. The number of rotatable bonds is 5. The van der Waals surface area contributed by atoms with E-state index in [9.17, 15) is 9.59 Å². The molecule has 3 aromatic rings. The number of para-hydroxylation sites is 2. The average molecular weight is 363 g/mol. The van der Waals surface area contributed by atoms with Gasteiger partial charge in [0.25, 0.3) is 0 Å². The number of nitrogens with zero attached hydrogens (tertiary/aromatic N) is 2. The molecule has 5 nitrogen and oxygen atoms in total. The van der Waals surface area contributed by atoms with Crippen molar-refractivity contribution in [3.63, 3.8) is 0 Å². The number of pyridine rings is 1. The van der Waals surface area contributed by atoms with Gasteiger partial charge in [0.2, 0.25) is 5.91 Å². The van der Waals surface area contributed by atoms with E-state index in [1.165, 1.54) is 19.3 Å². The summed E-state index contributed by atoms with van der Waals surface area (Å²) >= 11 is 0. The lowest BCUT2D eigenvalue weighted by atomic mass is 10.1. The van der Waals surface area contributed by atoms with Crippen LogP contribution in [0.5, 0.6) is 0 Å². The number of fused-ring (bicyclic) bond motifs is 2. The number of hydrogen-bond donors (Lipinski definition) is 1. The Kier molecular flexibility index (Phi) is 5.21. The second kappa shape index (κ2) is 7.92.